The lowest BCUT2D eigenvalue weighted by molar-refractivity contribution is -0.108. The Morgan fingerprint density at radius 2 is 2.43 bits per heavy atom. The minimum atomic E-state index is 0.225. The van der Waals surface area contributed by atoms with Gasteiger partial charge in [-0.1, -0.05) is 16.6 Å². The highest BCUT2D eigenvalue weighted by Crippen LogP contribution is 2.48. The van der Waals surface area contributed by atoms with Gasteiger partial charge in [0.2, 0.25) is 0 Å². The van der Waals surface area contributed by atoms with Crippen molar-refractivity contribution in [1.82, 2.24) is 9.59 Å². The van der Waals surface area contributed by atoms with Gasteiger partial charge in [0.25, 0.3) is 0 Å². The van der Waals surface area contributed by atoms with Crippen LogP contribution in [0.1, 0.15) is 17.9 Å². The van der Waals surface area contributed by atoms with Crippen LogP contribution in [-0.4, -0.2) is 15.9 Å². The van der Waals surface area contributed by atoms with Crippen LogP contribution in [0.3, 0.4) is 0 Å². The molecule has 1 saturated carbocycles. The zero-order chi connectivity index (χ0) is 9.54. The van der Waals surface area contributed by atoms with E-state index < -0.39 is 0 Å². The van der Waals surface area contributed by atoms with Gasteiger partial charge in [-0.3, -0.25) is 0 Å². The van der Waals surface area contributed by atoms with Gasteiger partial charge < -0.3 is 4.79 Å². The number of aromatic nitrogens is 2. The molecule has 0 aliphatic heterocycles. The number of hydrogen-bond acceptors (Lipinski definition) is 4. The molecule has 0 amide bonds. The number of fused-ring (bicyclic) bond motifs is 1. The first kappa shape index (κ1) is 8.05. The lowest BCUT2D eigenvalue weighted by Crippen LogP contribution is -1.84. The minimum Gasteiger partial charge on any atom is -0.303 e. The fraction of sp³-hybridized carbons (Fsp3) is 0.300. The molecule has 2 unspecified atom stereocenters. The zero-order valence-electron chi connectivity index (χ0n) is 7.38. The van der Waals surface area contributed by atoms with E-state index in [0.717, 1.165) is 22.9 Å². The molecule has 0 saturated heterocycles. The van der Waals surface area contributed by atoms with E-state index in [1.54, 1.807) is 0 Å². The standard InChI is InChI=1S/C10H8N2OS/c13-5-6-4-8(6)7-2-1-3-9-10(7)14-12-11-9/h1-3,5-6,8H,4H2. The normalized spacial score (nSPS) is 25.1. The summed E-state index contributed by atoms with van der Waals surface area (Å²) in [5, 5.41) is 4.02. The lowest BCUT2D eigenvalue weighted by atomic mass is 10.1. The summed E-state index contributed by atoms with van der Waals surface area (Å²) in [6, 6.07) is 6.02. The van der Waals surface area contributed by atoms with Gasteiger partial charge in [0.1, 0.15) is 11.8 Å². The van der Waals surface area contributed by atoms with Crippen LogP contribution in [0.15, 0.2) is 18.2 Å². The Morgan fingerprint density at radius 3 is 3.21 bits per heavy atom. The summed E-state index contributed by atoms with van der Waals surface area (Å²) in [5.74, 6) is 0.640. The fourth-order valence-electron chi connectivity index (χ4n) is 1.84. The smallest absolute Gasteiger partial charge is 0.123 e. The van der Waals surface area contributed by atoms with Crippen LogP contribution >= 0.6 is 11.5 Å². The van der Waals surface area contributed by atoms with Crippen molar-refractivity contribution >= 4 is 28.0 Å². The molecule has 3 nitrogen and oxygen atoms in total. The first-order valence-electron chi connectivity index (χ1n) is 4.56. The monoisotopic (exact) mass is 204 g/mol. The van der Waals surface area contributed by atoms with E-state index in [4.69, 9.17) is 0 Å². The number of hydrogen-bond donors (Lipinski definition) is 0. The Morgan fingerprint density at radius 1 is 1.50 bits per heavy atom. The van der Waals surface area contributed by atoms with Gasteiger partial charge in [-0.15, -0.1) is 5.10 Å². The molecule has 14 heavy (non-hydrogen) atoms. The van der Waals surface area contributed by atoms with Crippen LogP contribution in [0.5, 0.6) is 0 Å². The van der Waals surface area contributed by atoms with Crippen LogP contribution in [0.2, 0.25) is 0 Å². The average molecular weight is 204 g/mol. The van der Waals surface area contributed by atoms with Crippen LogP contribution in [-0.2, 0) is 4.79 Å². The summed E-state index contributed by atoms with van der Waals surface area (Å²) in [6.45, 7) is 0. The summed E-state index contributed by atoms with van der Waals surface area (Å²) in [6.07, 6.45) is 2.04. The first-order valence-corrected chi connectivity index (χ1v) is 5.34. The molecule has 2 atom stereocenters. The van der Waals surface area contributed by atoms with Crippen LogP contribution in [0.25, 0.3) is 10.2 Å². The summed E-state index contributed by atoms with van der Waals surface area (Å²) in [4.78, 5) is 10.6. The summed E-state index contributed by atoms with van der Waals surface area (Å²) >= 11 is 1.42. The van der Waals surface area contributed by atoms with Gasteiger partial charge >= 0.3 is 0 Å². The van der Waals surface area contributed by atoms with Crippen molar-refractivity contribution in [3.8, 4) is 0 Å². The second-order valence-corrected chi connectivity index (χ2v) is 4.36. The zero-order valence-corrected chi connectivity index (χ0v) is 8.20. The molecule has 70 valence electrons. The Kier molecular flexibility index (Phi) is 1.64. The van der Waals surface area contributed by atoms with Gasteiger partial charge in [-0.2, -0.15) is 0 Å². The predicted molar refractivity (Wildman–Crippen MR) is 54.3 cm³/mol. The quantitative estimate of drug-likeness (QED) is 0.702. The molecule has 1 aromatic heterocycles. The van der Waals surface area contributed by atoms with Crippen molar-refractivity contribution in [2.24, 2.45) is 5.92 Å². The predicted octanol–water partition coefficient (Wildman–Crippen LogP) is 1.99. The van der Waals surface area contributed by atoms with Gasteiger partial charge in [-0.05, 0) is 35.5 Å². The van der Waals surface area contributed by atoms with E-state index in [-0.39, 0.29) is 5.92 Å². The Hall–Kier alpha value is -1.29. The number of carbonyl (C=O) groups excluding carboxylic acids is 1. The summed E-state index contributed by atoms with van der Waals surface area (Å²) in [5.41, 5.74) is 2.19. The molecule has 1 aromatic carbocycles. The highest BCUT2D eigenvalue weighted by atomic mass is 32.1. The molecule has 0 bridgehead atoms. The maximum Gasteiger partial charge on any atom is 0.123 e. The highest BCUT2D eigenvalue weighted by molar-refractivity contribution is 7.13. The van der Waals surface area contributed by atoms with Crippen molar-refractivity contribution in [3.05, 3.63) is 23.8 Å². The number of nitrogens with zero attached hydrogens (tertiary/aromatic N) is 2. The first-order chi connectivity index (χ1) is 6.90. The molecule has 4 heteroatoms. The number of aldehydes is 1. The molecular formula is C10H8N2OS. The number of carbonyl (C=O) groups is 1. The van der Waals surface area contributed by atoms with Crippen molar-refractivity contribution < 1.29 is 4.79 Å². The van der Waals surface area contributed by atoms with E-state index in [2.05, 4.69) is 15.7 Å². The van der Waals surface area contributed by atoms with Gasteiger partial charge in [0.05, 0.1) is 4.70 Å². The Bertz CT molecular complexity index is 494. The van der Waals surface area contributed by atoms with Crippen molar-refractivity contribution in [2.45, 2.75) is 12.3 Å². The fourth-order valence-corrected chi connectivity index (χ4v) is 2.58. The van der Waals surface area contributed by atoms with Gasteiger partial charge in [-0.25, -0.2) is 0 Å². The molecule has 1 fully saturated rings. The van der Waals surface area contributed by atoms with Crippen molar-refractivity contribution in [2.75, 3.05) is 0 Å². The highest BCUT2D eigenvalue weighted by Gasteiger charge is 2.39. The molecular weight excluding hydrogens is 196 g/mol. The summed E-state index contributed by atoms with van der Waals surface area (Å²) < 4.78 is 5.07. The maximum absolute atomic E-state index is 10.6. The number of rotatable bonds is 2. The average Bonchev–Trinajstić information content (AvgIpc) is 2.85. The van der Waals surface area contributed by atoms with E-state index in [9.17, 15) is 4.79 Å². The number of benzene rings is 1. The third-order valence-electron chi connectivity index (χ3n) is 2.72. The van der Waals surface area contributed by atoms with Crippen molar-refractivity contribution in [1.29, 1.82) is 0 Å². The topological polar surface area (TPSA) is 42.9 Å². The van der Waals surface area contributed by atoms with Gasteiger partial charge in [0, 0.05) is 5.92 Å². The molecule has 1 aliphatic carbocycles. The minimum absolute atomic E-state index is 0.225. The van der Waals surface area contributed by atoms with Gasteiger partial charge in [0.15, 0.2) is 0 Å². The van der Waals surface area contributed by atoms with Crippen LogP contribution < -0.4 is 0 Å². The third-order valence-corrected chi connectivity index (χ3v) is 3.51. The Labute approximate surface area is 84.9 Å². The second kappa shape index (κ2) is 2.85. The maximum atomic E-state index is 10.6. The van der Waals surface area contributed by atoms with Crippen molar-refractivity contribution in [3.63, 3.8) is 0 Å². The lowest BCUT2D eigenvalue weighted by Gasteiger charge is -1.97. The molecule has 1 aliphatic rings. The van der Waals surface area contributed by atoms with Crippen LogP contribution in [0, 0.1) is 5.92 Å². The summed E-state index contributed by atoms with van der Waals surface area (Å²) in [7, 11) is 0. The molecule has 1 heterocycles. The SMILES string of the molecule is O=CC1CC1c1cccc2nnsc12. The van der Waals surface area contributed by atoms with E-state index in [1.807, 2.05) is 12.1 Å². The molecule has 3 rings (SSSR count). The largest absolute Gasteiger partial charge is 0.303 e. The third kappa shape index (κ3) is 1.07. The van der Waals surface area contributed by atoms with E-state index in [0.29, 0.717) is 5.92 Å². The van der Waals surface area contributed by atoms with E-state index in [1.165, 1.54) is 17.1 Å². The van der Waals surface area contributed by atoms with E-state index >= 15 is 0 Å². The second-order valence-electron chi connectivity index (χ2n) is 3.61. The molecule has 2 aromatic rings. The Balaban J connectivity index is 2.12. The molecule has 0 spiro atoms. The van der Waals surface area contributed by atoms with Crippen LogP contribution in [0.4, 0.5) is 0 Å². The molecule has 0 radical (unpaired) electrons. The molecule has 0 N–H and O–H groups in total.